The third kappa shape index (κ3) is 3.93. The fraction of sp³-hybridized carbons (Fsp3) is 0.300. The first-order chi connectivity index (χ1) is 6.99. The molecule has 4 N–H and O–H groups in total. The maximum atomic E-state index is 5.78. The van der Waals surface area contributed by atoms with E-state index < -0.39 is 0 Å². The third-order valence-electron chi connectivity index (χ3n) is 1.68. The van der Waals surface area contributed by atoms with E-state index in [0.717, 1.165) is 5.69 Å². The molecule has 0 heterocycles. The van der Waals surface area contributed by atoms with Crippen LogP contribution < -0.4 is 16.4 Å². The normalized spacial score (nSPS) is 10.1. The number of halogens is 1. The van der Waals surface area contributed by atoms with Crippen LogP contribution in [0.3, 0.4) is 0 Å². The topological polar surface area (TPSA) is 50.1 Å². The Hall–Kier alpha value is -1.00. The summed E-state index contributed by atoms with van der Waals surface area (Å²) in [6, 6.07) is 5.53. The SMILES string of the molecule is CC(C)NC(=S)Nc1ccc(Cl)cc1N. The van der Waals surface area contributed by atoms with Crippen LogP contribution in [-0.4, -0.2) is 11.2 Å². The first-order valence-electron chi connectivity index (χ1n) is 4.61. The Labute approximate surface area is 100.0 Å². The van der Waals surface area contributed by atoms with Gasteiger partial charge in [0.1, 0.15) is 0 Å². The minimum Gasteiger partial charge on any atom is -0.397 e. The summed E-state index contributed by atoms with van der Waals surface area (Å²) >= 11 is 10.9. The van der Waals surface area contributed by atoms with Crippen molar-refractivity contribution in [2.75, 3.05) is 11.1 Å². The fourth-order valence-corrected chi connectivity index (χ4v) is 1.59. The molecule has 0 saturated carbocycles. The summed E-state index contributed by atoms with van der Waals surface area (Å²) in [4.78, 5) is 0. The van der Waals surface area contributed by atoms with Gasteiger partial charge in [-0.3, -0.25) is 0 Å². The van der Waals surface area contributed by atoms with E-state index in [-0.39, 0.29) is 0 Å². The number of anilines is 2. The van der Waals surface area contributed by atoms with Crippen LogP contribution in [0.25, 0.3) is 0 Å². The minimum atomic E-state index is 0.290. The monoisotopic (exact) mass is 243 g/mol. The molecule has 0 aliphatic heterocycles. The van der Waals surface area contributed by atoms with Crippen molar-refractivity contribution in [3.05, 3.63) is 23.2 Å². The highest BCUT2D eigenvalue weighted by Crippen LogP contribution is 2.22. The molecule has 15 heavy (non-hydrogen) atoms. The van der Waals surface area contributed by atoms with E-state index in [1.54, 1.807) is 18.2 Å². The molecule has 5 heteroatoms. The van der Waals surface area contributed by atoms with Gasteiger partial charge in [0.25, 0.3) is 0 Å². The maximum Gasteiger partial charge on any atom is 0.171 e. The van der Waals surface area contributed by atoms with Gasteiger partial charge in [-0.1, -0.05) is 11.6 Å². The molecule has 0 aliphatic rings. The summed E-state index contributed by atoms with van der Waals surface area (Å²) in [6.07, 6.45) is 0. The van der Waals surface area contributed by atoms with Crippen molar-refractivity contribution in [2.45, 2.75) is 19.9 Å². The molecule has 3 nitrogen and oxygen atoms in total. The molecule has 0 saturated heterocycles. The number of nitrogens with two attached hydrogens (primary N) is 1. The zero-order valence-electron chi connectivity index (χ0n) is 8.67. The van der Waals surface area contributed by atoms with Crippen molar-refractivity contribution >= 4 is 40.3 Å². The molecule has 0 unspecified atom stereocenters. The Kier molecular flexibility index (Phi) is 4.17. The second-order valence-corrected chi connectivity index (χ2v) is 4.33. The van der Waals surface area contributed by atoms with Gasteiger partial charge in [0.05, 0.1) is 11.4 Å². The van der Waals surface area contributed by atoms with Crippen molar-refractivity contribution in [3.63, 3.8) is 0 Å². The highest BCUT2D eigenvalue weighted by atomic mass is 35.5. The van der Waals surface area contributed by atoms with Crippen molar-refractivity contribution in [1.29, 1.82) is 0 Å². The first-order valence-corrected chi connectivity index (χ1v) is 5.40. The van der Waals surface area contributed by atoms with Crippen LogP contribution in [0.5, 0.6) is 0 Å². The molecular formula is C10H14ClN3S. The average Bonchev–Trinajstić information content (AvgIpc) is 2.08. The average molecular weight is 244 g/mol. The summed E-state index contributed by atoms with van der Waals surface area (Å²) in [5.74, 6) is 0. The van der Waals surface area contributed by atoms with Crippen molar-refractivity contribution in [1.82, 2.24) is 5.32 Å². The van der Waals surface area contributed by atoms with Crippen LogP contribution in [0.15, 0.2) is 18.2 Å². The van der Waals surface area contributed by atoms with E-state index in [4.69, 9.17) is 29.6 Å². The second-order valence-electron chi connectivity index (χ2n) is 3.48. The molecule has 0 bridgehead atoms. The standard InChI is InChI=1S/C10H14ClN3S/c1-6(2)13-10(15)14-9-4-3-7(11)5-8(9)12/h3-6H,12H2,1-2H3,(H2,13,14,15). The highest BCUT2D eigenvalue weighted by Gasteiger charge is 2.03. The summed E-state index contributed by atoms with van der Waals surface area (Å²) < 4.78 is 0. The number of nitrogen functional groups attached to an aromatic ring is 1. The lowest BCUT2D eigenvalue weighted by Gasteiger charge is -2.14. The number of hydrogen-bond acceptors (Lipinski definition) is 2. The lowest BCUT2D eigenvalue weighted by molar-refractivity contribution is 0.739. The molecule has 1 aromatic carbocycles. The van der Waals surface area contributed by atoms with Gasteiger partial charge >= 0.3 is 0 Å². The van der Waals surface area contributed by atoms with Crippen LogP contribution in [0, 0.1) is 0 Å². The van der Waals surface area contributed by atoms with Gasteiger partial charge in [-0.25, -0.2) is 0 Å². The Morgan fingerprint density at radius 1 is 1.47 bits per heavy atom. The Morgan fingerprint density at radius 3 is 2.67 bits per heavy atom. The van der Waals surface area contributed by atoms with Crippen LogP contribution in [0.4, 0.5) is 11.4 Å². The number of thiocarbonyl (C=S) groups is 1. The van der Waals surface area contributed by atoms with E-state index in [9.17, 15) is 0 Å². The first kappa shape index (κ1) is 12.1. The summed E-state index contributed by atoms with van der Waals surface area (Å²) in [7, 11) is 0. The number of hydrogen-bond donors (Lipinski definition) is 3. The Balaban J connectivity index is 2.68. The molecule has 0 amide bonds. The van der Waals surface area contributed by atoms with Gasteiger partial charge in [0.15, 0.2) is 5.11 Å². The lowest BCUT2D eigenvalue weighted by atomic mass is 10.3. The fourth-order valence-electron chi connectivity index (χ4n) is 1.07. The van der Waals surface area contributed by atoms with E-state index in [2.05, 4.69) is 10.6 Å². The van der Waals surface area contributed by atoms with Gasteiger partial charge in [-0.2, -0.15) is 0 Å². The van der Waals surface area contributed by atoms with Gasteiger partial charge < -0.3 is 16.4 Å². The summed E-state index contributed by atoms with van der Waals surface area (Å²) in [5.41, 5.74) is 7.11. The number of nitrogens with one attached hydrogen (secondary N) is 2. The van der Waals surface area contributed by atoms with E-state index >= 15 is 0 Å². The Morgan fingerprint density at radius 2 is 2.13 bits per heavy atom. The van der Waals surface area contributed by atoms with E-state index in [1.807, 2.05) is 13.8 Å². The zero-order valence-corrected chi connectivity index (χ0v) is 10.2. The number of benzene rings is 1. The molecule has 0 aromatic heterocycles. The van der Waals surface area contributed by atoms with Crippen LogP contribution in [0.2, 0.25) is 5.02 Å². The molecular weight excluding hydrogens is 230 g/mol. The van der Waals surface area contributed by atoms with Crippen molar-refractivity contribution in [3.8, 4) is 0 Å². The largest absolute Gasteiger partial charge is 0.397 e. The maximum absolute atomic E-state index is 5.78. The van der Waals surface area contributed by atoms with Gasteiger partial charge in [-0.15, -0.1) is 0 Å². The molecule has 0 atom stereocenters. The predicted molar refractivity (Wildman–Crippen MR) is 70.4 cm³/mol. The van der Waals surface area contributed by atoms with Gasteiger partial charge in [0.2, 0.25) is 0 Å². The molecule has 0 aliphatic carbocycles. The molecule has 1 aromatic rings. The number of rotatable bonds is 2. The second kappa shape index (κ2) is 5.19. The Bertz CT molecular complexity index is 366. The molecule has 0 spiro atoms. The third-order valence-corrected chi connectivity index (χ3v) is 2.14. The zero-order chi connectivity index (χ0) is 11.4. The predicted octanol–water partition coefficient (Wildman–Crippen LogP) is 2.62. The van der Waals surface area contributed by atoms with Gasteiger partial charge in [-0.05, 0) is 44.3 Å². The summed E-state index contributed by atoms with van der Waals surface area (Å²) in [6.45, 7) is 4.03. The minimum absolute atomic E-state index is 0.290. The van der Waals surface area contributed by atoms with Crippen molar-refractivity contribution in [2.24, 2.45) is 0 Å². The lowest BCUT2D eigenvalue weighted by Crippen LogP contribution is -2.34. The molecule has 0 radical (unpaired) electrons. The quantitative estimate of drug-likeness (QED) is 0.552. The van der Waals surface area contributed by atoms with E-state index in [1.165, 1.54) is 0 Å². The molecule has 1 rings (SSSR count). The highest BCUT2D eigenvalue weighted by molar-refractivity contribution is 7.80. The summed E-state index contributed by atoms with van der Waals surface area (Å²) in [5, 5.41) is 7.24. The van der Waals surface area contributed by atoms with Gasteiger partial charge in [0, 0.05) is 11.1 Å². The van der Waals surface area contributed by atoms with Crippen LogP contribution in [-0.2, 0) is 0 Å². The molecule has 82 valence electrons. The van der Waals surface area contributed by atoms with Crippen LogP contribution >= 0.6 is 23.8 Å². The smallest absolute Gasteiger partial charge is 0.171 e. The van der Waals surface area contributed by atoms with E-state index in [0.29, 0.717) is 21.9 Å². The van der Waals surface area contributed by atoms with Crippen LogP contribution in [0.1, 0.15) is 13.8 Å². The van der Waals surface area contributed by atoms with Crippen molar-refractivity contribution < 1.29 is 0 Å². The molecule has 0 fully saturated rings.